The fourth-order valence-corrected chi connectivity index (χ4v) is 3.01. The number of benzene rings is 1. The van der Waals surface area contributed by atoms with E-state index >= 15 is 0 Å². The van der Waals surface area contributed by atoms with E-state index in [2.05, 4.69) is 66.8 Å². The van der Waals surface area contributed by atoms with Crippen LogP contribution in [0.5, 0.6) is 0 Å². The van der Waals surface area contributed by atoms with Crippen molar-refractivity contribution in [2.75, 3.05) is 25.0 Å². The summed E-state index contributed by atoms with van der Waals surface area (Å²) >= 11 is 1.72. The highest BCUT2D eigenvalue weighted by atomic mass is 32.1. The van der Waals surface area contributed by atoms with Crippen molar-refractivity contribution in [3.8, 4) is 0 Å². The van der Waals surface area contributed by atoms with E-state index in [0.29, 0.717) is 6.04 Å². The quantitative estimate of drug-likeness (QED) is 0.845. The number of thiazole rings is 1. The molecular weight excluding hydrogens is 266 g/mol. The SMILES string of the molecule is CCNC(C)c1csc(N(C)CCc2ccccc2)n1. The third-order valence-corrected chi connectivity index (χ3v) is 4.34. The summed E-state index contributed by atoms with van der Waals surface area (Å²) in [5.41, 5.74) is 2.51. The first kappa shape index (κ1) is 15.0. The normalized spacial score (nSPS) is 12.3. The van der Waals surface area contributed by atoms with Gasteiger partial charge in [-0.05, 0) is 25.5 Å². The minimum Gasteiger partial charge on any atom is -0.351 e. The van der Waals surface area contributed by atoms with Crippen molar-refractivity contribution in [2.45, 2.75) is 26.3 Å². The van der Waals surface area contributed by atoms with Crippen molar-refractivity contribution < 1.29 is 0 Å². The Kier molecular flexibility index (Phi) is 5.56. The second kappa shape index (κ2) is 7.41. The number of anilines is 1. The summed E-state index contributed by atoms with van der Waals surface area (Å²) in [4.78, 5) is 6.96. The Hall–Kier alpha value is -1.39. The van der Waals surface area contributed by atoms with Crippen LogP contribution in [0.25, 0.3) is 0 Å². The summed E-state index contributed by atoms with van der Waals surface area (Å²) in [6, 6.07) is 10.9. The van der Waals surface area contributed by atoms with Crippen LogP contribution < -0.4 is 10.2 Å². The van der Waals surface area contributed by atoms with E-state index in [0.717, 1.165) is 30.3 Å². The third-order valence-electron chi connectivity index (χ3n) is 3.37. The molecule has 1 atom stereocenters. The molecule has 0 bridgehead atoms. The highest BCUT2D eigenvalue weighted by Gasteiger charge is 2.11. The van der Waals surface area contributed by atoms with Crippen molar-refractivity contribution in [1.29, 1.82) is 0 Å². The largest absolute Gasteiger partial charge is 0.351 e. The van der Waals surface area contributed by atoms with Crippen LogP contribution in [0, 0.1) is 0 Å². The molecule has 0 amide bonds. The number of hydrogen-bond acceptors (Lipinski definition) is 4. The Balaban J connectivity index is 1.91. The molecular formula is C16H23N3S. The lowest BCUT2D eigenvalue weighted by Gasteiger charge is -2.16. The van der Waals surface area contributed by atoms with Crippen molar-refractivity contribution in [3.63, 3.8) is 0 Å². The average Bonchev–Trinajstić information content (AvgIpc) is 2.96. The summed E-state index contributed by atoms with van der Waals surface area (Å²) in [6.45, 7) is 6.24. The summed E-state index contributed by atoms with van der Waals surface area (Å²) in [6.07, 6.45) is 1.05. The lowest BCUT2D eigenvalue weighted by atomic mass is 10.1. The van der Waals surface area contributed by atoms with Gasteiger partial charge >= 0.3 is 0 Å². The van der Waals surface area contributed by atoms with E-state index in [1.54, 1.807) is 11.3 Å². The zero-order valence-corrected chi connectivity index (χ0v) is 13.3. The standard InChI is InChI=1S/C16H23N3S/c1-4-17-13(2)15-12-20-16(18-15)19(3)11-10-14-8-6-5-7-9-14/h5-9,12-13,17H,4,10-11H2,1-3H3. The molecule has 0 fully saturated rings. The first-order valence-electron chi connectivity index (χ1n) is 7.14. The second-order valence-corrected chi connectivity index (χ2v) is 5.83. The van der Waals surface area contributed by atoms with Gasteiger partial charge in [0.05, 0.1) is 5.69 Å². The topological polar surface area (TPSA) is 28.2 Å². The Morgan fingerprint density at radius 1 is 1.30 bits per heavy atom. The van der Waals surface area contributed by atoms with Crippen LogP contribution in [0.2, 0.25) is 0 Å². The molecule has 1 N–H and O–H groups in total. The lowest BCUT2D eigenvalue weighted by molar-refractivity contribution is 0.586. The molecule has 3 nitrogen and oxygen atoms in total. The molecule has 1 heterocycles. The van der Waals surface area contributed by atoms with Gasteiger partial charge in [-0.25, -0.2) is 4.98 Å². The van der Waals surface area contributed by atoms with E-state index < -0.39 is 0 Å². The van der Waals surface area contributed by atoms with Crippen molar-refractivity contribution in [1.82, 2.24) is 10.3 Å². The highest BCUT2D eigenvalue weighted by Crippen LogP contribution is 2.23. The van der Waals surface area contributed by atoms with E-state index in [9.17, 15) is 0 Å². The molecule has 0 radical (unpaired) electrons. The van der Waals surface area contributed by atoms with Crippen LogP contribution in [0.1, 0.15) is 31.1 Å². The molecule has 0 aliphatic rings. The second-order valence-electron chi connectivity index (χ2n) is 4.99. The fourth-order valence-electron chi connectivity index (χ4n) is 2.10. The number of rotatable bonds is 7. The van der Waals surface area contributed by atoms with E-state index in [1.807, 2.05) is 0 Å². The first-order chi connectivity index (χ1) is 9.70. The Morgan fingerprint density at radius 2 is 2.05 bits per heavy atom. The Bertz CT molecular complexity index is 509. The fraction of sp³-hybridized carbons (Fsp3) is 0.438. The third kappa shape index (κ3) is 4.05. The Morgan fingerprint density at radius 3 is 2.75 bits per heavy atom. The summed E-state index contributed by atoms with van der Waals surface area (Å²) < 4.78 is 0. The molecule has 0 saturated carbocycles. The van der Waals surface area contributed by atoms with Gasteiger partial charge in [0.1, 0.15) is 0 Å². The molecule has 0 aliphatic heterocycles. The Labute approximate surface area is 125 Å². The van der Waals surface area contributed by atoms with Crippen LogP contribution in [-0.4, -0.2) is 25.1 Å². The van der Waals surface area contributed by atoms with Crippen molar-refractivity contribution in [2.24, 2.45) is 0 Å². The van der Waals surface area contributed by atoms with Gasteiger partial charge in [0.15, 0.2) is 5.13 Å². The zero-order valence-electron chi connectivity index (χ0n) is 12.5. The van der Waals surface area contributed by atoms with Gasteiger partial charge in [0.2, 0.25) is 0 Å². The summed E-state index contributed by atoms with van der Waals surface area (Å²) in [5, 5.41) is 6.65. The van der Waals surface area contributed by atoms with Gasteiger partial charge in [0, 0.05) is 25.0 Å². The highest BCUT2D eigenvalue weighted by molar-refractivity contribution is 7.13. The van der Waals surface area contributed by atoms with Crippen molar-refractivity contribution >= 4 is 16.5 Å². The maximum atomic E-state index is 4.72. The number of nitrogens with one attached hydrogen (secondary N) is 1. The van der Waals surface area contributed by atoms with Crippen LogP contribution in [0.15, 0.2) is 35.7 Å². The average molecular weight is 289 g/mol. The molecule has 2 rings (SSSR count). The molecule has 0 saturated heterocycles. The van der Waals surface area contributed by atoms with E-state index in [-0.39, 0.29) is 0 Å². The maximum Gasteiger partial charge on any atom is 0.185 e. The predicted molar refractivity (Wildman–Crippen MR) is 87.6 cm³/mol. The van der Waals surface area contributed by atoms with Gasteiger partial charge in [-0.1, -0.05) is 37.3 Å². The molecule has 2 aromatic rings. The van der Waals surface area contributed by atoms with Gasteiger partial charge in [-0.15, -0.1) is 11.3 Å². The minimum atomic E-state index is 0.326. The number of aromatic nitrogens is 1. The smallest absolute Gasteiger partial charge is 0.185 e. The molecule has 1 unspecified atom stereocenters. The van der Waals surface area contributed by atoms with Crippen LogP contribution >= 0.6 is 11.3 Å². The van der Waals surface area contributed by atoms with Gasteiger partial charge in [-0.3, -0.25) is 0 Å². The molecule has 0 spiro atoms. The van der Waals surface area contributed by atoms with Crippen LogP contribution in [-0.2, 0) is 6.42 Å². The molecule has 108 valence electrons. The number of hydrogen-bond donors (Lipinski definition) is 1. The summed E-state index contributed by atoms with van der Waals surface area (Å²) in [7, 11) is 2.11. The first-order valence-corrected chi connectivity index (χ1v) is 8.02. The minimum absolute atomic E-state index is 0.326. The molecule has 1 aromatic heterocycles. The maximum absolute atomic E-state index is 4.72. The monoisotopic (exact) mass is 289 g/mol. The molecule has 1 aromatic carbocycles. The van der Waals surface area contributed by atoms with Gasteiger partial charge in [-0.2, -0.15) is 0 Å². The van der Waals surface area contributed by atoms with Crippen LogP contribution in [0.3, 0.4) is 0 Å². The molecule has 0 aliphatic carbocycles. The van der Waals surface area contributed by atoms with Crippen molar-refractivity contribution in [3.05, 3.63) is 47.0 Å². The zero-order chi connectivity index (χ0) is 14.4. The lowest BCUT2D eigenvalue weighted by Crippen LogP contribution is -2.21. The number of likely N-dealkylation sites (N-methyl/N-ethyl adjacent to an activating group) is 1. The van der Waals surface area contributed by atoms with E-state index in [1.165, 1.54) is 5.56 Å². The number of nitrogens with zero attached hydrogens (tertiary/aromatic N) is 2. The molecule has 4 heteroatoms. The van der Waals surface area contributed by atoms with Gasteiger partial charge < -0.3 is 10.2 Å². The van der Waals surface area contributed by atoms with E-state index in [4.69, 9.17) is 4.98 Å². The van der Waals surface area contributed by atoms with Crippen LogP contribution in [0.4, 0.5) is 5.13 Å². The van der Waals surface area contributed by atoms with Gasteiger partial charge in [0.25, 0.3) is 0 Å². The molecule has 20 heavy (non-hydrogen) atoms. The predicted octanol–water partition coefficient (Wildman–Crippen LogP) is 3.49. The summed E-state index contributed by atoms with van der Waals surface area (Å²) in [5.74, 6) is 0.